The summed E-state index contributed by atoms with van der Waals surface area (Å²) in [4.78, 5) is 25.3. The number of para-hydroxylation sites is 2. The van der Waals surface area contributed by atoms with E-state index in [4.69, 9.17) is 13.9 Å². The fourth-order valence-corrected chi connectivity index (χ4v) is 3.26. The summed E-state index contributed by atoms with van der Waals surface area (Å²) in [6.45, 7) is 0. The van der Waals surface area contributed by atoms with Crippen LogP contribution in [0.4, 0.5) is 5.69 Å². The second-order valence-electron chi connectivity index (χ2n) is 6.55. The number of carbonyl (C=O) groups is 1. The average molecular weight is 401 g/mol. The topological polar surface area (TPSA) is 77.8 Å². The maximum atomic E-state index is 12.8. The van der Waals surface area contributed by atoms with Gasteiger partial charge in [-0.25, -0.2) is 4.79 Å². The molecule has 1 N–H and O–H groups in total. The van der Waals surface area contributed by atoms with Crippen molar-refractivity contribution in [2.75, 3.05) is 19.5 Å². The summed E-state index contributed by atoms with van der Waals surface area (Å²) in [5.74, 6) is 0.570. The fraction of sp³-hybridized carbons (Fsp3) is 0.0833. The molecule has 0 unspecified atom stereocenters. The summed E-state index contributed by atoms with van der Waals surface area (Å²) in [6, 6.07) is 21.1. The molecule has 0 saturated carbocycles. The Labute approximate surface area is 172 Å². The number of fused-ring (bicyclic) bond motifs is 1. The number of benzene rings is 3. The lowest BCUT2D eigenvalue weighted by Gasteiger charge is -2.13. The number of hydrogen-bond donors (Lipinski definition) is 1. The number of rotatable bonds is 5. The zero-order valence-electron chi connectivity index (χ0n) is 16.5. The molecule has 150 valence electrons. The number of ether oxygens (including phenoxy) is 2. The molecular weight excluding hydrogens is 382 g/mol. The van der Waals surface area contributed by atoms with E-state index in [0.29, 0.717) is 39.5 Å². The Hall–Kier alpha value is -4.06. The van der Waals surface area contributed by atoms with Gasteiger partial charge in [-0.05, 0) is 42.0 Å². The van der Waals surface area contributed by atoms with Crippen LogP contribution in [0.15, 0.2) is 82.0 Å². The van der Waals surface area contributed by atoms with Gasteiger partial charge < -0.3 is 19.2 Å². The Morgan fingerprint density at radius 2 is 1.60 bits per heavy atom. The number of anilines is 1. The number of carbonyl (C=O) groups excluding carboxylic acids is 1. The summed E-state index contributed by atoms with van der Waals surface area (Å²) in [6.07, 6.45) is 0. The third kappa shape index (κ3) is 3.63. The Morgan fingerprint density at radius 1 is 0.867 bits per heavy atom. The molecule has 0 aliphatic carbocycles. The normalized spacial score (nSPS) is 10.6. The van der Waals surface area contributed by atoms with Crippen molar-refractivity contribution in [3.8, 4) is 22.6 Å². The number of hydrogen-bond acceptors (Lipinski definition) is 5. The third-order valence-corrected chi connectivity index (χ3v) is 4.75. The van der Waals surface area contributed by atoms with E-state index in [9.17, 15) is 9.59 Å². The molecule has 6 nitrogen and oxygen atoms in total. The quantitative estimate of drug-likeness (QED) is 0.489. The van der Waals surface area contributed by atoms with Gasteiger partial charge in [0.15, 0.2) is 0 Å². The van der Waals surface area contributed by atoms with E-state index in [1.54, 1.807) is 54.6 Å². The van der Waals surface area contributed by atoms with Gasteiger partial charge in [0, 0.05) is 5.39 Å². The molecule has 3 aromatic carbocycles. The molecule has 0 aliphatic heterocycles. The van der Waals surface area contributed by atoms with Crippen molar-refractivity contribution in [3.05, 3.63) is 88.8 Å². The van der Waals surface area contributed by atoms with Gasteiger partial charge in [-0.15, -0.1) is 0 Å². The third-order valence-electron chi connectivity index (χ3n) is 4.75. The van der Waals surface area contributed by atoms with E-state index >= 15 is 0 Å². The highest BCUT2D eigenvalue weighted by Gasteiger charge is 2.16. The van der Waals surface area contributed by atoms with E-state index in [1.807, 2.05) is 18.2 Å². The van der Waals surface area contributed by atoms with Crippen molar-refractivity contribution in [1.82, 2.24) is 0 Å². The van der Waals surface area contributed by atoms with Crippen molar-refractivity contribution >= 4 is 22.6 Å². The number of amides is 1. The maximum Gasteiger partial charge on any atom is 0.344 e. The fourth-order valence-electron chi connectivity index (χ4n) is 3.26. The minimum Gasteiger partial charge on any atom is -0.496 e. The van der Waals surface area contributed by atoms with Gasteiger partial charge in [-0.1, -0.05) is 36.4 Å². The van der Waals surface area contributed by atoms with Gasteiger partial charge in [0.05, 0.1) is 31.0 Å². The van der Waals surface area contributed by atoms with E-state index in [1.165, 1.54) is 14.2 Å². The van der Waals surface area contributed by atoms with Gasteiger partial charge in [-0.3, -0.25) is 4.79 Å². The summed E-state index contributed by atoms with van der Waals surface area (Å²) in [5.41, 5.74) is 1.87. The van der Waals surface area contributed by atoms with Crippen LogP contribution >= 0.6 is 0 Å². The lowest BCUT2D eigenvalue weighted by Crippen LogP contribution is -2.14. The van der Waals surface area contributed by atoms with Gasteiger partial charge in [0.2, 0.25) is 0 Å². The molecule has 0 saturated heterocycles. The number of nitrogens with one attached hydrogen (secondary N) is 1. The van der Waals surface area contributed by atoms with Crippen LogP contribution in [0.25, 0.3) is 22.1 Å². The van der Waals surface area contributed by atoms with Crippen LogP contribution in [0.1, 0.15) is 10.4 Å². The van der Waals surface area contributed by atoms with Gasteiger partial charge in [0.25, 0.3) is 5.91 Å². The van der Waals surface area contributed by atoms with Crippen LogP contribution < -0.4 is 20.4 Å². The van der Waals surface area contributed by atoms with Gasteiger partial charge in [0.1, 0.15) is 17.1 Å². The van der Waals surface area contributed by atoms with Crippen molar-refractivity contribution in [2.24, 2.45) is 0 Å². The second-order valence-corrected chi connectivity index (χ2v) is 6.55. The summed E-state index contributed by atoms with van der Waals surface area (Å²) in [7, 11) is 3.02. The van der Waals surface area contributed by atoms with E-state index in [-0.39, 0.29) is 5.91 Å². The van der Waals surface area contributed by atoms with Gasteiger partial charge >= 0.3 is 5.63 Å². The van der Waals surface area contributed by atoms with Crippen LogP contribution in [0.5, 0.6) is 11.5 Å². The minimum absolute atomic E-state index is 0.353. The van der Waals surface area contributed by atoms with Crippen molar-refractivity contribution in [1.29, 1.82) is 0 Å². The summed E-state index contributed by atoms with van der Waals surface area (Å²) >= 11 is 0. The van der Waals surface area contributed by atoms with E-state index < -0.39 is 5.63 Å². The molecule has 0 aliphatic rings. The molecule has 0 spiro atoms. The highest BCUT2D eigenvalue weighted by molar-refractivity contribution is 6.07. The molecule has 1 amide bonds. The lowest BCUT2D eigenvalue weighted by molar-refractivity contribution is 0.102. The Bertz CT molecular complexity index is 1290. The SMILES string of the molecule is COc1ccc(-c2cc3ccccc3oc2=O)cc1NC(=O)c1ccccc1OC. The first kappa shape index (κ1) is 19.3. The molecule has 6 heteroatoms. The molecule has 1 heterocycles. The first-order valence-electron chi connectivity index (χ1n) is 9.26. The molecule has 0 fully saturated rings. The Balaban J connectivity index is 1.75. The van der Waals surface area contributed by atoms with Crippen molar-refractivity contribution < 1.29 is 18.7 Å². The average Bonchev–Trinajstić information content (AvgIpc) is 2.78. The van der Waals surface area contributed by atoms with Crippen LogP contribution in [0.3, 0.4) is 0 Å². The van der Waals surface area contributed by atoms with Crippen LogP contribution in [0, 0.1) is 0 Å². The second kappa shape index (κ2) is 8.13. The minimum atomic E-state index is -0.458. The van der Waals surface area contributed by atoms with Crippen molar-refractivity contribution in [3.63, 3.8) is 0 Å². The van der Waals surface area contributed by atoms with E-state index in [2.05, 4.69) is 5.32 Å². The lowest BCUT2D eigenvalue weighted by atomic mass is 10.0. The van der Waals surface area contributed by atoms with Crippen LogP contribution in [-0.4, -0.2) is 20.1 Å². The van der Waals surface area contributed by atoms with Crippen molar-refractivity contribution in [2.45, 2.75) is 0 Å². The first-order chi connectivity index (χ1) is 14.6. The molecule has 30 heavy (non-hydrogen) atoms. The van der Waals surface area contributed by atoms with E-state index in [0.717, 1.165) is 5.39 Å². The molecule has 0 radical (unpaired) electrons. The maximum absolute atomic E-state index is 12.8. The zero-order chi connectivity index (χ0) is 21.1. The highest BCUT2D eigenvalue weighted by atomic mass is 16.5. The molecule has 4 rings (SSSR count). The molecular formula is C24H19NO5. The Kier molecular flexibility index (Phi) is 5.22. The predicted octanol–water partition coefficient (Wildman–Crippen LogP) is 4.73. The predicted molar refractivity (Wildman–Crippen MR) is 115 cm³/mol. The zero-order valence-corrected chi connectivity index (χ0v) is 16.5. The summed E-state index contributed by atoms with van der Waals surface area (Å²) in [5, 5.41) is 3.65. The van der Waals surface area contributed by atoms with Gasteiger partial charge in [-0.2, -0.15) is 0 Å². The van der Waals surface area contributed by atoms with Crippen LogP contribution in [-0.2, 0) is 0 Å². The summed E-state index contributed by atoms with van der Waals surface area (Å²) < 4.78 is 16.1. The largest absolute Gasteiger partial charge is 0.496 e. The van der Waals surface area contributed by atoms with Crippen LogP contribution in [0.2, 0.25) is 0 Å². The number of methoxy groups -OCH3 is 2. The smallest absolute Gasteiger partial charge is 0.344 e. The molecule has 0 bridgehead atoms. The molecule has 0 atom stereocenters. The monoisotopic (exact) mass is 401 g/mol. The molecule has 1 aromatic heterocycles. The standard InChI is InChI=1S/C24H19NO5/c1-28-21-10-6-4-8-17(21)23(26)25-19-14-15(11-12-22(19)29-2)18-13-16-7-3-5-9-20(16)30-24(18)27/h3-14H,1-2H3,(H,25,26). The first-order valence-corrected chi connectivity index (χ1v) is 9.26. The highest BCUT2D eigenvalue weighted by Crippen LogP contribution is 2.31. The molecule has 4 aromatic rings. The Morgan fingerprint density at radius 3 is 2.40 bits per heavy atom.